The predicted molar refractivity (Wildman–Crippen MR) is 71.3 cm³/mol. The Hall–Kier alpha value is -2.02. The van der Waals surface area contributed by atoms with Gasteiger partial charge < -0.3 is 9.88 Å². The molecule has 0 saturated heterocycles. The first-order valence-electron chi connectivity index (χ1n) is 6.35. The van der Waals surface area contributed by atoms with Gasteiger partial charge in [-0.1, -0.05) is 11.6 Å². The summed E-state index contributed by atoms with van der Waals surface area (Å²) in [5, 5.41) is 11.3. The molecule has 1 atom stereocenters. The van der Waals surface area contributed by atoms with Gasteiger partial charge in [-0.15, -0.1) is 10.2 Å². The van der Waals surface area contributed by atoms with Crippen LogP contribution < -0.4 is 5.32 Å². The Kier molecular flexibility index (Phi) is 3.35. The van der Waals surface area contributed by atoms with Gasteiger partial charge in [0, 0.05) is 13.0 Å². The van der Waals surface area contributed by atoms with Crippen molar-refractivity contribution in [3.8, 4) is 0 Å². The molecule has 0 spiro atoms. The maximum absolute atomic E-state index is 12.1. The van der Waals surface area contributed by atoms with Crippen LogP contribution in [0.25, 0.3) is 0 Å². The van der Waals surface area contributed by atoms with Gasteiger partial charge >= 0.3 is 0 Å². The van der Waals surface area contributed by atoms with Gasteiger partial charge in [-0.3, -0.25) is 9.78 Å². The molecule has 0 fully saturated rings. The number of halogens is 1. The number of aromatic nitrogens is 5. The van der Waals surface area contributed by atoms with Crippen molar-refractivity contribution in [2.24, 2.45) is 0 Å². The normalized spacial score (nSPS) is 14.9. The molecule has 20 heavy (non-hydrogen) atoms. The minimum Gasteiger partial charge on any atom is -0.341 e. The largest absolute Gasteiger partial charge is 0.341 e. The lowest BCUT2D eigenvalue weighted by Crippen LogP contribution is -2.29. The lowest BCUT2D eigenvalue weighted by atomic mass is 10.3. The van der Waals surface area contributed by atoms with E-state index in [2.05, 4.69) is 30.0 Å². The topological polar surface area (TPSA) is 85.6 Å². The summed E-state index contributed by atoms with van der Waals surface area (Å²) in [6.45, 7) is 2.76. The van der Waals surface area contributed by atoms with E-state index in [-0.39, 0.29) is 22.8 Å². The maximum Gasteiger partial charge on any atom is 0.272 e. The first-order valence-corrected chi connectivity index (χ1v) is 6.73. The summed E-state index contributed by atoms with van der Waals surface area (Å²) in [6.07, 6.45) is 4.76. The first-order chi connectivity index (χ1) is 9.65. The number of hydrogen-bond donors (Lipinski definition) is 1. The molecule has 104 valence electrons. The standard InChI is InChI=1S/C12H13ClN6O/c1-7(11-18-17-10-3-2-4-19(10)11)15-12(20)8-5-14-6-9(13)16-8/h5-7H,2-4H2,1H3,(H,15,20). The van der Waals surface area contributed by atoms with E-state index < -0.39 is 0 Å². The summed E-state index contributed by atoms with van der Waals surface area (Å²) in [6, 6.07) is -0.248. The monoisotopic (exact) mass is 292 g/mol. The Morgan fingerprint density at radius 1 is 1.45 bits per heavy atom. The van der Waals surface area contributed by atoms with E-state index in [1.807, 2.05) is 6.92 Å². The Balaban J connectivity index is 1.75. The number of fused-ring (bicyclic) bond motifs is 1. The molecule has 0 radical (unpaired) electrons. The van der Waals surface area contributed by atoms with E-state index in [4.69, 9.17) is 11.6 Å². The summed E-state index contributed by atoms with van der Waals surface area (Å²) >= 11 is 5.72. The lowest BCUT2D eigenvalue weighted by Gasteiger charge is -2.13. The van der Waals surface area contributed by atoms with Gasteiger partial charge in [0.1, 0.15) is 16.7 Å². The van der Waals surface area contributed by atoms with Gasteiger partial charge in [0.25, 0.3) is 5.91 Å². The fourth-order valence-electron chi connectivity index (χ4n) is 2.28. The number of carbonyl (C=O) groups is 1. The van der Waals surface area contributed by atoms with Gasteiger partial charge in [0.2, 0.25) is 0 Å². The highest BCUT2D eigenvalue weighted by Crippen LogP contribution is 2.19. The highest BCUT2D eigenvalue weighted by Gasteiger charge is 2.23. The molecule has 1 N–H and O–H groups in total. The lowest BCUT2D eigenvalue weighted by molar-refractivity contribution is 0.0932. The number of hydrogen-bond acceptors (Lipinski definition) is 5. The molecule has 7 nitrogen and oxygen atoms in total. The van der Waals surface area contributed by atoms with Crippen LogP contribution in [0.1, 0.15) is 41.5 Å². The Bertz CT molecular complexity index is 655. The van der Waals surface area contributed by atoms with Crippen molar-refractivity contribution in [3.63, 3.8) is 0 Å². The van der Waals surface area contributed by atoms with Crippen LogP contribution in [0, 0.1) is 0 Å². The average Bonchev–Trinajstić information content (AvgIpc) is 3.00. The van der Waals surface area contributed by atoms with E-state index in [1.165, 1.54) is 12.4 Å². The van der Waals surface area contributed by atoms with E-state index in [9.17, 15) is 4.79 Å². The van der Waals surface area contributed by atoms with E-state index in [0.717, 1.165) is 31.0 Å². The summed E-state index contributed by atoms with van der Waals surface area (Å²) in [5.74, 6) is 1.41. The highest BCUT2D eigenvalue weighted by atomic mass is 35.5. The Morgan fingerprint density at radius 3 is 3.10 bits per heavy atom. The number of aryl methyl sites for hydroxylation is 1. The van der Waals surface area contributed by atoms with Gasteiger partial charge in [0.15, 0.2) is 5.82 Å². The van der Waals surface area contributed by atoms with Crippen molar-refractivity contribution >= 4 is 17.5 Å². The highest BCUT2D eigenvalue weighted by molar-refractivity contribution is 6.29. The van der Waals surface area contributed by atoms with Crippen LogP contribution in [0.2, 0.25) is 5.15 Å². The average molecular weight is 293 g/mol. The number of nitrogens with zero attached hydrogens (tertiary/aromatic N) is 5. The zero-order chi connectivity index (χ0) is 14.1. The molecule has 0 aromatic carbocycles. The van der Waals surface area contributed by atoms with E-state index >= 15 is 0 Å². The second-order valence-corrected chi connectivity index (χ2v) is 5.04. The van der Waals surface area contributed by atoms with Crippen LogP contribution in [0.3, 0.4) is 0 Å². The molecule has 0 bridgehead atoms. The van der Waals surface area contributed by atoms with Crippen molar-refractivity contribution < 1.29 is 4.79 Å². The van der Waals surface area contributed by atoms with Crippen LogP contribution >= 0.6 is 11.6 Å². The fourth-order valence-corrected chi connectivity index (χ4v) is 2.43. The third kappa shape index (κ3) is 2.36. The summed E-state index contributed by atoms with van der Waals surface area (Å²) in [4.78, 5) is 19.8. The minimum atomic E-state index is -0.331. The number of rotatable bonds is 3. The number of nitrogens with one attached hydrogen (secondary N) is 1. The van der Waals surface area contributed by atoms with Crippen LogP contribution in [0.5, 0.6) is 0 Å². The van der Waals surface area contributed by atoms with Crippen molar-refractivity contribution in [1.82, 2.24) is 30.0 Å². The molecule has 1 unspecified atom stereocenters. The molecule has 2 aromatic heterocycles. The van der Waals surface area contributed by atoms with Crippen LogP contribution in [-0.2, 0) is 13.0 Å². The van der Waals surface area contributed by atoms with Crippen LogP contribution in [0.4, 0.5) is 0 Å². The predicted octanol–water partition coefficient (Wildman–Crippen LogP) is 1.16. The maximum atomic E-state index is 12.1. The molecule has 0 saturated carbocycles. The molecular weight excluding hydrogens is 280 g/mol. The second kappa shape index (κ2) is 5.16. The smallest absolute Gasteiger partial charge is 0.272 e. The van der Waals surface area contributed by atoms with Crippen LogP contribution in [-0.4, -0.2) is 30.6 Å². The van der Waals surface area contributed by atoms with Crippen molar-refractivity contribution in [2.45, 2.75) is 32.4 Å². The summed E-state index contributed by atoms with van der Waals surface area (Å²) in [5.41, 5.74) is 0.186. The number of amides is 1. The molecular formula is C12H13ClN6O. The van der Waals surface area contributed by atoms with Crippen molar-refractivity contribution in [2.75, 3.05) is 0 Å². The molecule has 0 aliphatic carbocycles. The van der Waals surface area contributed by atoms with Crippen molar-refractivity contribution in [1.29, 1.82) is 0 Å². The fraction of sp³-hybridized carbons (Fsp3) is 0.417. The van der Waals surface area contributed by atoms with Gasteiger partial charge in [-0.2, -0.15) is 0 Å². The zero-order valence-electron chi connectivity index (χ0n) is 10.9. The van der Waals surface area contributed by atoms with Crippen molar-refractivity contribution in [3.05, 3.63) is 34.9 Å². The quantitative estimate of drug-likeness (QED) is 0.917. The zero-order valence-corrected chi connectivity index (χ0v) is 11.6. The molecule has 3 heterocycles. The molecule has 3 rings (SSSR count). The molecule has 8 heteroatoms. The Morgan fingerprint density at radius 2 is 2.30 bits per heavy atom. The minimum absolute atomic E-state index is 0.186. The summed E-state index contributed by atoms with van der Waals surface area (Å²) in [7, 11) is 0. The van der Waals surface area contributed by atoms with E-state index in [1.54, 1.807) is 0 Å². The second-order valence-electron chi connectivity index (χ2n) is 4.65. The third-order valence-electron chi connectivity index (χ3n) is 3.21. The third-order valence-corrected chi connectivity index (χ3v) is 3.39. The molecule has 1 aliphatic rings. The first kappa shape index (κ1) is 13.0. The van der Waals surface area contributed by atoms with Gasteiger partial charge in [-0.05, 0) is 13.3 Å². The van der Waals surface area contributed by atoms with Crippen LogP contribution in [0.15, 0.2) is 12.4 Å². The molecule has 1 aliphatic heterocycles. The SMILES string of the molecule is CC(NC(=O)c1cncc(Cl)n1)c1nnc2n1CCC2. The Labute approximate surface area is 120 Å². The van der Waals surface area contributed by atoms with Gasteiger partial charge in [-0.25, -0.2) is 4.98 Å². The van der Waals surface area contributed by atoms with Gasteiger partial charge in [0.05, 0.1) is 18.4 Å². The number of carbonyl (C=O) groups excluding carboxylic acids is 1. The van der Waals surface area contributed by atoms with E-state index in [0.29, 0.717) is 0 Å². The summed E-state index contributed by atoms with van der Waals surface area (Å²) < 4.78 is 2.05. The molecule has 2 aromatic rings. The molecule has 1 amide bonds.